The Morgan fingerprint density at radius 2 is 0.562 bits per heavy atom. The van der Waals surface area contributed by atoms with Gasteiger partial charge in [-0.25, -0.2) is 15.0 Å². The van der Waals surface area contributed by atoms with Gasteiger partial charge in [-0.3, -0.25) is 0 Å². The summed E-state index contributed by atoms with van der Waals surface area (Å²) in [5, 5.41) is 20.2. The van der Waals surface area contributed by atoms with Crippen molar-refractivity contribution in [3.8, 4) is 95.7 Å². The molecule has 1 aliphatic carbocycles. The van der Waals surface area contributed by atoms with Crippen LogP contribution < -0.4 is 0 Å². The van der Waals surface area contributed by atoms with Gasteiger partial charge in [0.1, 0.15) is 11.2 Å². The maximum Gasteiger partial charge on any atom is 0.145 e. The molecule has 11 heteroatoms. The highest BCUT2D eigenvalue weighted by Crippen LogP contribution is 2.55. The minimum Gasteiger partial charge on any atom is -0.455 e. The third kappa shape index (κ3) is 12.7. The van der Waals surface area contributed by atoms with Crippen LogP contribution in [0.25, 0.3) is 264 Å². The number of hydrogen-bond donors (Lipinski definition) is 0. The Kier molecular flexibility index (Phi) is 18.1. The third-order valence-corrected chi connectivity index (χ3v) is 32.8. The minimum absolute atomic E-state index is 0.113. The number of hydrogen-bond acceptors (Lipinski definition) is 8. The molecule has 0 radical (unpaired) electrons. The fourth-order valence-corrected chi connectivity index (χ4v) is 26.5. The molecule has 11 heterocycles. The molecule has 0 saturated carbocycles. The summed E-state index contributed by atoms with van der Waals surface area (Å²) < 4.78 is 24.3. The predicted molar refractivity (Wildman–Crippen MR) is 585 cm³/mol. The van der Waals surface area contributed by atoms with E-state index in [4.69, 9.17) is 19.4 Å². The molecule has 18 aromatic carbocycles. The summed E-state index contributed by atoms with van der Waals surface area (Å²) >= 11 is 7.43. The second-order valence-electron chi connectivity index (χ2n) is 36.3. The standard InChI is InChI=1S/C44H30N2S.C41H24N2OS.C41H24N2S2/c1-44(2)35-17-9-6-14-30(35)32-21-22-39-42(43(32)44)33-16-7-10-18-38(33)46(39)29-25-36(27-12-4-3-5-13-27)45-37(26-29)28-20-23-41-34(24-28)31-15-8-11-19-40(31)47-41;1-2-10-25(11-3-1)33-23-27(24-34(42-33)26-18-21-39-32(22-26)29-13-6-9-17-38(29)45-39)43-35-15-7-4-14-31(35)40-36(43)20-19-30-28-12-5-8-16-37(28)44-41(30)40;1-2-10-25(11-3-1)33-23-27(24-34(42-33)26-18-19-30-28-12-5-8-16-37(28)44-39(30)22-26)43-35-15-7-4-14-32(35)40-36(43)21-20-31-29-13-6-9-17-38(29)45-41(31)40/h3-26H,1-2H3;2*1-24H. The van der Waals surface area contributed by atoms with Crippen molar-refractivity contribution in [1.82, 2.24) is 28.7 Å². The normalized spacial score (nSPS) is 12.5. The average Bonchev–Trinajstić information content (AvgIpc) is 1.54. The van der Waals surface area contributed by atoms with Gasteiger partial charge in [0.2, 0.25) is 0 Å². The van der Waals surface area contributed by atoms with Crippen molar-refractivity contribution in [2.45, 2.75) is 19.3 Å². The zero-order valence-electron chi connectivity index (χ0n) is 74.3. The number of rotatable bonds is 9. The largest absolute Gasteiger partial charge is 0.455 e. The van der Waals surface area contributed by atoms with Crippen LogP contribution >= 0.6 is 45.3 Å². The van der Waals surface area contributed by atoms with Gasteiger partial charge in [0.25, 0.3) is 0 Å². The van der Waals surface area contributed by atoms with E-state index in [2.05, 4.69) is 458 Å². The number of para-hydroxylation sites is 4. The Balaban J connectivity index is 0.000000102. The number of nitrogens with zero attached hydrogens (tertiary/aromatic N) is 6. The van der Waals surface area contributed by atoms with Crippen LogP contribution in [0.5, 0.6) is 0 Å². The van der Waals surface area contributed by atoms with E-state index >= 15 is 0 Å². The number of fused-ring (bicyclic) bond motifs is 30. The molecule has 7 nitrogen and oxygen atoms in total. The van der Waals surface area contributed by atoms with Crippen LogP contribution in [-0.4, -0.2) is 28.7 Å². The molecule has 0 amide bonds. The summed E-state index contributed by atoms with van der Waals surface area (Å²) in [6.45, 7) is 4.76. The molecule has 0 fully saturated rings. The highest BCUT2D eigenvalue weighted by molar-refractivity contribution is 7.27. The maximum atomic E-state index is 6.55. The molecule has 0 bridgehead atoms. The van der Waals surface area contributed by atoms with Crippen molar-refractivity contribution in [2.24, 2.45) is 0 Å². The molecule has 0 spiro atoms. The molecule has 0 unspecified atom stereocenters. The summed E-state index contributed by atoms with van der Waals surface area (Å²) in [6.07, 6.45) is 0. The van der Waals surface area contributed by atoms with E-state index in [1.165, 1.54) is 152 Å². The van der Waals surface area contributed by atoms with Gasteiger partial charge in [0.15, 0.2) is 0 Å². The topological polar surface area (TPSA) is 66.6 Å². The molecule has 0 atom stereocenters. The van der Waals surface area contributed by atoms with Gasteiger partial charge in [-0.1, -0.05) is 311 Å². The average molecular weight is 1820 g/mol. The van der Waals surface area contributed by atoms with E-state index in [9.17, 15) is 0 Å². The summed E-state index contributed by atoms with van der Waals surface area (Å²) in [4.78, 5) is 15.9. The van der Waals surface area contributed by atoms with E-state index in [-0.39, 0.29) is 5.41 Å². The minimum atomic E-state index is -0.113. The summed E-state index contributed by atoms with van der Waals surface area (Å²) in [7, 11) is 0. The van der Waals surface area contributed by atoms with E-state index < -0.39 is 0 Å². The van der Waals surface area contributed by atoms with E-state index in [1.54, 1.807) is 0 Å². The summed E-state index contributed by atoms with van der Waals surface area (Å²) in [5.74, 6) is 0. The van der Waals surface area contributed by atoms with E-state index in [0.717, 1.165) is 123 Å². The number of furan rings is 1. The van der Waals surface area contributed by atoms with E-state index in [1.807, 2.05) is 51.4 Å². The van der Waals surface area contributed by atoms with Gasteiger partial charge in [-0.2, -0.15) is 0 Å². The molecule has 642 valence electrons. The molecule has 0 saturated heterocycles. The quantitative estimate of drug-likeness (QED) is 0.144. The lowest BCUT2D eigenvalue weighted by molar-refractivity contribution is 0.666. The fourth-order valence-electron chi connectivity index (χ4n) is 21.9. The Morgan fingerprint density at radius 3 is 1.08 bits per heavy atom. The predicted octanol–water partition coefficient (Wildman–Crippen LogP) is 36.2. The molecular formula is C126H78N6OS4. The van der Waals surface area contributed by atoms with Crippen molar-refractivity contribution in [3.63, 3.8) is 0 Å². The zero-order valence-corrected chi connectivity index (χ0v) is 77.6. The number of thiophene rings is 4. The molecular weight excluding hydrogens is 1740 g/mol. The van der Waals surface area contributed by atoms with Crippen LogP contribution in [0.1, 0.15) is 25.0 Å². The first-order chi connectivity index (χ1) is 67.7. The lowest BCUT2D eigenvalue weighted by Crippen LogP contribution is -2.15. The molecule has 0 N–H and O–H groups in total. The van der Waals surface area contributed by atoms with Crippen LogP contribution in [0, 0.1) is 0 Å². The molecule has 137 heavy (non-hydrogen) atoms. The molecule has 30 rings (SSSR count). The van der Waals surface area contributed by atoms with Gasteiger partial charge in [-0.05, 0) is 162 Å². The first-order valence-electron chi connectivity index (χ1n) is 46.5. The Morgan fingerprint density at radius 1 is 0.219 bits per heavy atom. The monoisotopic (exact) mass is 1820 g/mol. The van der Waals surface area contributed by atoms with Gasteiger partial charge in [-0.15, -0.1) is 45.3 Å². The lowest BCUT2D eigenvalue weighted by atomic mass is 9.80. The molecule has 1 aliphatic rings. The van der Waals surface area contributed by atoms with E-state index in [0.29, 0.717) is 0 Å². The smallest absolute Gasteiger partial charge is 0.145 e. The van der Waals surface area contributed by atoms with Crippen LogP contribution in [0.4, 0.5) is 0 Å². The van der Waals surface area contributed by atoms with Crippen LogP contribution in [0.3, 0.4) is 0 Å². The van der Waals surface area contributed by atoms with Crippen molar-refractivity contribution in [1.29, 1.82) is 0 Å². The fraction of sp³-hybridized carbons (Fsp3) is 0.0238. The highest BCUT2D eigenvalue weighted by Gasteiger charge is 2.38. The van der Waals surface area contributed by atoms with Gasteiger partial charge in [0.05, 0.1) is 89.7 Å². The second-order valence-corrected chi connectivity index (χ2v) is 40.6. The maximum absolute atomic E-state index is 6.55. The van der Waals surface area contributed by atoms with Gasteiger partial charge < -0.3 is 18.1 Å². The highest BCUT2D eigenvalue weighted by atomic mass is 32.1. The number of benzene rings is 18. The van der Waals surface area contributed by atoms with Crippen molar-refractivity contribution < 1.29 is 4.42 Å². The molecule has 29 aromatic rings. The van der Waals surface area contributed by atoms with Gasteiger partial charge >= 0.3 is 0 Å². The zero-order chi connectivity index (χ0) is 90.2. The van der Waals surface area contributed by atoms with Crippen LogP contribution in [-0.2, 0) is 5.41 Å². The third-order valence-electron chi connectivity index (χ3n) is 28.1. The molecule has 11 aromatic heterocycles. The first kappa shape index (κ1) is 79.1. The first-order valence-corrected chi connectivity index (χ1v) is 49.7. The molecule has 0 aliphatic heterocycles. The summed E-state index contributed by atoms with van der Waals surface area (Å²) in [6, 6.07) is 158. The SMILES string of the molecule is CC1(C)c2ccccc2-c2ccc3c(c21)c1ccccc1n3-c1cc(-c2ccccc2)nc(-c2ccc3sc4ccccc4c3c2)c1.c1ccc(-c2cc(-n3c4ccccc4c4c5oc6ccccc6c5ccc43)cc(-c3ccc4sc5ccccc5c4c3)n2)cc1.c1ccc(-c2cc(-n3c4ccccc4c4c5sc6ccccc6c5ccc43)cc(-c3ccc4c(c3)sc3ccccc34)n2)cc1. The summed E-state index contributed by atoms with van der Waals surface area (Å²) in [5.41, 5.74) is 30.0. The van der Waals surface area contributed by atoms with Crippen LogP contribution in [0.2, 0.25) is 0 Å². The lowest BCUT2D eigenvalue weighted by Gasteiger charge is -2.22. The Labute approximate surface area is 802 Å². The number of pyridine rings is 3. The van der Waals surface area contributed by atoms with Crippen molar-refractivity contribution in [2.75, 3.05) is 0 Å². The van der Waals surface area contributed by atoms with Crippen LogP contribution in [0.15, 0.2) is 441 Å². The van der Waals surface area contributed by atoms with Crippen molar-refractivity contribution >= 4 is 213 Å². The van der Waals surface area contributed by atoms with Gasteiger partial charge in [0, 0.05) is 157 Å². The van der Waals surface area contributed by atoms with Crippen molar-refractivity contribution in [3.05, 3.63) is 448 Å². The number of aromatic nitrogens is 6. The Hall–Kier alpha value is -16.5. The Bertz CT molecular complexity index is 10100. The second kappa shape index (κ2) is 31.3.